The molecule has 0 aliphatic heterocycles. The molecular weight excluding hydrogens is 469 g/mol. The van der Waals surface area contributed by atoms with Gasteiger partial charge in [-0.25, -0.2) is 0 Å². The fraction of sp³-hybridized carbons (Fsp3) is 0.143. The number of hydrogen-bond acceptors (Lipinski definition) is 1. The van der Waals surface area contributed by atoms with Crippen LogP contribution < -0.4 is 5.32 Å². The maximum Gasteiger partial charge on any atom is 0.0497 e. The second-order valence-electron chi connectivity index (χ2n) is 4.01. The highest BCUT2D eigenvalue weighted by atomic mass is 127. The molecule has 18 heavy (non-hydrogen) atoms. The lowest BCUT2D eigenvalue weighted by atomic mass is 10.1. The zero-order valence-electron chi connectivity index (χ0n) is 9.75. The van der Waals surface area contributed by atoms with Gasteiger partial charge < -0.3 is 5.32 Å². The van der Waals surface area contributed by atoms with Gasteiger partial charge in [0.25, 0.3) is 0 Å². The van der Waals surface area contributed by atoms with Crippen molar-refractivity contribution < 1.29 is 0 Å². The second kappa shape index (κ2) is 6.39. The number of halogens is 3. The third-order valence-electron chi connectivity index (χ3n) is 2.67. The summed E-state index contributed by atoms with van der Waals surface area (Å²) in [6, 6.07) is 14.8. The molecule has 2 aromatic rings. The summed E-state index contributed by atoms with van der Waals surface area (Å²) in [6.07, 6.45) is 0. The Morgan fingerprint density at radius 2 is 1.83 bits per heavy atom. The van der Waals surface area contributed by atoms with Crippen molar-refractivity contribution in [1.82, 2.24) is 0 Å². The van der Waals surface area contributed by atoms with Crippen molar-refractivity contribution in [3.8, 4) is 0 Å². The molecule has 0 heterocycles. The highest BCUT2D eigenvalue weighted by Gasteiger charge is 2.10. The van der Waals surface area contributed by atoms with Crippen molar-refractivity contribution in [1.29, 1.82) is 0 Å². The van der Waals surface area contributed by atoms with E-state index in [1.165, 1.54) is 14.8 Å². The van der Waals surface area contributed by atoms with Crippen LogP contribution in [0.3, 0.4) is 0 Å². The quantitative estimate of drug-likeness (QED) is 0.532. The van der Waals surface area contributed by atoms with Gasteiger partial charge in [-0.05, 0) is 59.3 Å². The van der Waals surface area contributed by atoms with Gasteiger partial charge in [0.15, 0.2) is 0 Å². The van der Waals surface area contributed by atoms with Gasteiger partial charge in [-0.15, -0.1) is 0 Å². The minimum absolute atomic E-state index is 0.253. The maximum atomic E-state index is 3.61. The summed E-state index contributed by atoms with van der Waals surface area (Å²) < 4.78 is 3.43. The summed E-state index contributed by atoms with van der Waals surface area (Å²) in [5.41, 5.74) is 2.42. The summed E-state index contributed by atoms with van der Waals surface area (Å²) >= 11 is 9.43. The van der Waals surface area contributed by atoms with E-state index in [4.69, 9.17) is 0 Å². The van der Waals surface area contributed by atoms with Gasteiger partial charge in [0, 0.05) is 24.2 Å². The normalized spacial score (nSPS) is 12.2. The Balaban J connectivity index is 2.22. The molecule has 0 aliphatic carbocycles. The van der Waals surface area contributed by atoms with Crippen LogP contribution in [0.5, 0.6) is 0 Å². The number of nitrogens with one attached hydrogen (secondary N) is 1. The first-order chi connectivity index (χ1) is 8.58. The zero-order valence-corrected chi connectivity index (χ0v) is 15.1. The minimum atomic E-state index is 0.253. The average molecular weight is 481 g/mol. The molecule has 1 N–H and O–H groups in total. The van der Waals surface area contributed by atoms with Crippen molar-refractivity contribution in [3.05, 3.63) is 60.5 Å². The van der Waals surface area contributed by atoms with E-state index >= 15 is 0 Å². The van der Waals surface area contributed by atoms with Gasteiger partial charge in [-0.2, -0.15) is 0 Å². The molecule has 1 atom stereocenters. The van der Waals surface area contributed by atoms with E-state index in [2.05, 4.69) is 97.0 Å². The van der Waals surface area contributed by atoms with Gasteiger partial charge in [-0.1, -0.05) is 50.1 Å². The molecule has 0 fully saturated rings. The SMILES string of the molecule is CC(Nc1ccccc1I)c1ccc(Br)cc1Br. The first kappa shape index (κ1) is 14.3. The molecule has 0 saturated carbocycles. The number of anilines is 1. The van der Waals surface area contributed by atoms with Crippen molar-refractivity contribution >= 4 is 60.1 Å². The Labute approximate surface area is 138 Å². The van der Waals surface area contributed by atoms with E-state index in [0.717, 1.165) is 8.95 Å². The largest absolute Gasteiger partial charge is 0.378 e. The minimum Gasteiger partial charge on any atom is -0.378 e. The molecule has 0 amide bonds. The molecule has 1 unspecified atom stereocenters. The summed E-state index contributed by atoms with van der Waals surface area (Å²) in [5, 5.41) is 3.53. The molecule has 4 heteroatoms. The van der Waals surface area contributed by atoms with Crippen molar-refractivity contribution in [2.75, 3.05) is 5.32 Å². The summed E-state index contributed by atoms with van der Waals surface area (Å²) in [7, 11) is 0. The number of para-hydroxylation sites is 1. The zero-order chi connectivity index (χ0) is 13.1. The van der Waals surface area contributed by atoms with Gasteiger partial charge >= 0.3 is 0 Å². The first-order valence-corrected chi connectivity index (χ1v) is 8.20. The van der Waals surface area contributed by atoms with E-state index in [1.54, 1.807) is 0 Å². The van der Waals surface area contributed by atoms with Crippen molar-refractivity contribution in [2.45, 2.75) is 13.0 Å². The van der Waals surface area contributed by atoms with Gasteiger partial charge in [-0.3, -0.25) is 0 Å². The molecule has 0 aliphatic rings. The fourth-order valence-electron chi connectivity index (χ4n) is 1.74. The topological polar surface area (TPSA) is 12.0 Å². The standard InChI is InChI=1S/C14H12Br2IN/c1-9(11-7-6-10(15)8-12(11)16)18-14-5-3-2-4-13(14)17/h2-9,18H,1H3. The molecule has 0 saturated heterocycles. The Kier molecular flexibility index (Phi) is 5.09. The molecule has 1 nitrogen and oxygen atoms in total. The fourth-order valence-corrected chi connectivity index (χ4v) is 3.68. The van der Waals surface area contributed by atoms with Crippen LogP contribution >= 0.6 is 54.5 Å². The van der Waals surface area contributed by atoms with Crippen LogP contribution in [-0.4, -0.2) is 0 Å². The third-order valence-corrected chi connectivity index (χ3v) is 4.80. The number of rotatable bonds is 3. The molecule has 0 spiro atoms. The Bertz CT molecular complexity index is 557. The monoisotopic (exact) mass is 479 g/mol. The Hall–Kier alpha value is -0.0700. The lowest BCUT2D eigenvalue weighted by molar-refractivity contribution is 0.877. The lowest BCUT2D eigenvalue weighted by Gasteiger charge is -2.18. The molecule has 94 valence electrons. The van der Waals surface area contributed by atoms with Gasteiger partial charge in [0.05, 0.1) is 0 Å². The number of benzene rings is 2. The molecule has 2 rings (SSSR count). The van der Waals surface area contributed by atoms with E-state index in [0.29, 0.717) is 0 Å². The molecule has 0 aromatic heterocycles. The highest BCUT2D eigenvalue weighted by molar-refractivity contribution is 14.1. The van der Waals surface area contributed by atoms with E-state index in [9.17, 15) is 0 Å². The molecule has 0 radical (unpaired) electrons. The predicted molar refractivity (Wildman–Crippen MR) is 93.0 cm³/mol. The molecule has 0 bridgehead atoms. The Morgan fingerprint density at radius 3 is 2.50 bits per heavy atom. The maximum absolute atomic E-state index is 3.61. The van der Waals surface area contributed by atoms with Crippen LogP contribution in [0.1, 0.15) is 18.5 Å². The lowest BCUT2D eigenvalue weighted by Crippen LogP contribution is -2.08. The molecule has 2 aromatic carbocycles. The van der Waals surface area contributed by atoms with Crippen LogP contribution in [0, 0.1) is 3.57 Å². The van der Waals surface area contributed by atoms with E-state index < -0.39 is 0 Å². The second-order valence-corrected chi connectivity index (χ2v) is 6.94. The Morgan fingerprint density at radius 1 is 1.11 bits per heavy atom. The van der Waals surface area contributed by atoms with Crippen LogP contribution in [-0.2, 0) is 0 Å². The van der Waals surface area contributed by atoms with Crippen LogP contribution in [0.2, 0.25) is 0 Å². The van der Waals surface area contributed by atoms with Crippen LogP contribution in [0.15, 0.2) is 51.4 Å². The van der Waals surface area contributed by atoms with E-state index in [1.807, 2.05) is 12.1 Å². The first-order valence-electron chi connectivity index (χ1n) is 5.54. The third kappa shape index (κ3) is 3.48. The average Bonchev–Trinajstić information content (AvgIpc) is 2.32. The van der Waals surface area contributed by atoms with Gasteiger partial charge in [0.2, 0.25) is 0 Å². The number of hydrogen-bond donors (Lipinski definition) is 1. The molecular formula is C14H12Br2IN. The highest BCUT2D eigenvalue weighted by Crippen LogP contribution is 2.30. The van der Waals surface area contributed by atoms with Crippen LogP contribution in [0.4, 0.5) is 5.69 Å². The smallest absolute Gasteiger partial charge is 0.0497 e. The van der Waals surface area contributed by atoms with E-state index in [-0.39, 0.29) is 6.04 Å². The summed E-state index contributed by atoms with van der Waals surface area (Å²) in [6.45, 7) is 2.16. The predicted octanol–water partition coefficient (Wildman–Crippen LogP) is 5.99. The summed E-state index contributed by atoms with van der Waals surface area (Å²) in [4.78, 5) is 0. The van der Waals surface area contributed by atoms with Crippen molar-refractivity contribution in [2.24, 2.45) is 0 Å². The summed E-state index contributed by atoms with van der Waals surface area (Å²) in [5.74, 6) is 0. The van der Waals surface area contributed by atoms with Gasteiger partial charge in [0.1, 0.15) is 0 Å². The van der Waals surface area contributed by atoms with Crippen molar-refractivity contribution in [3.63, 3.8) is 0 Å². The van der Waals surface area contributed by atoms with Crippen LogP contribution in [0.25, 0.3) is 0 Å².